The van der Waals surface area contributed by atoms with Gasteiger partial charge in [-0.2, -0.15) is 0 Å². The van der Waals surface area contributed by atoms with Crippen LogP contribution in [0.2, 0.25) is 0 Å². The van der Waals surface area contributed by atoms with Crippen molar-refractivity contribution in [2.75, 3.05) is 0 Å². The lowest BCUT2D eigenvalue weighted by molar-refractivity contribution is 0.569. The van der Waals surface area contributed by atoms with Gasteiger partial charge in [-0.05, 0) is 34.1 Å². The third kappa shape index (κ3) is 3.09. The Balaban J connectivity index is 2.65. The predicted octanol–water partition coefficient (Wildman–Crippen LogP) is 5.34. The van der Waals surface area contributed by atoms with Crippen molar-refractivity contribution in [1.29, 1.82) is 0 Å². The van der Waals surface area contributed by atoms with Crippen molar-refractivity contribution in [3.8, 4) is 11.3 Å². The van der Waals surface area contributed by atoms with Crippen LogP contribution in [0.5, 0.6) is 0 Å². The molecule has 1 aromatic carbocycles. The second kappa shape index (κ2) is 5.05. The number of aromatic nitrogens is 1. The SMILES string of the molecule is CC(C)(C)c1ccc(-c2ccccn2)c(C(C)(C)C)c1. The Kier molecular flexibility index (Phi) is 3.73. The minimum absolute atomic E-state index is 0.105. The second-order valence-corrected chi connectivity index (χ2v) is 7.48. The summed E-state index contributed by atoms with van der Waals surface area (Å²) in [5.41, 5.74) is 5.31. The van der Waals surface area contributed by atoms with E-state index in [0.29, 0.717) is 0 Å². The van der Waals surface area contributed by atoms with Gasteiger partial charge in [0.25, 0.3) is 0 Å². The van der Waals surface area contributed by atoms with Crippen molar-refractivity contribution in [3.63, 3.8) is 0 Å². The van der Waals surface area contributed by atoms with Crippen LogP contribution >= 0.6 is 0 Å². The molecule has 0 amide bonds. The molecule has 0 bridgehead atoms. The molecule has 20 heavy (non-hydrogen) atoms. The van der Waals surface area contributed by atoms with Gasteiger partial charge in [-0.3, -0.25) is 4.98 Å². The van der Waals surface area contributed by atoms with Gasteiger partial charge >= 0.3 is 0 Å². The molecule has 0 atom stereocenters. The van der Waals surface area contributed by atoms with Crippen LogP contribution in [0.25, 0.3) is 11.3 Å². The molecule has 1 nitrogen and oxygen atoms in total. The highest BCUT2D eigenvalue weighted by atomic mass is 14.7. The molecule has 1 aromatic heterocycles. The normalized spacial score (nSPS) is 12.5. The first-order valence-electron chi connectivity index (χ1n) is 7.26. The molecule has 0 spiro atoms. The van der Waals surface area contributed by atoms with Crippen molar-refractivity contribution in [1.82, 2.24) is 4.98 Å². The first-order valence-corrected chi connectivity index (χ1v) is 7.26. The van der Waals surface area contributed by atoms with Crippen molar-refractivity contribution < 1.29 is 0 Å². The van der Waals surface area contributed by atoms with E-state index < -0.39 is 0 Å². The number of hydrogen-bond acceptors (Lipinski definition) is 1. The van der Waals surface area contributed by atoms with E-state index in [4.69, 9.17) is 0 Å². The van der Waals surface area contributed by atoms with Crippen LogP contribution in [-0.2, 0) is 10.8 Å². The lowest BCUT2D eigenvalue weighted by Gasteiger charge is -2.27. The number of rotatable bonds is 1. The van der Waals surface area contributed by atoms with Gasteiger partial charge in [0.1, 0.15) is 0 Å². The highest BCUT2D eigenvalue weighted by Gasteiger charge is 2.22. The maximum Gasteiger partial charge on any atom is 0.0704 e. The number of nitrogens with zero attached hydrogens (tertiary/aromatic N) is 1. The maximum absolute atomic E-state index is 4.51. The van der Waals surface area contributed by atoms with Gasteiger partial charge in [0.15, 0.2) is 0 Å². The number of pyridine rings is 1. The molecule has 2 aromatic rings. The summed E-state index contributed by atoms with van der Waals surface area (Å²) < 4.78 is 0. The van der Waals surface area contributed by atoms with Crippen LogP contribution in [0.3, 0.4) is 0 Å². The van der Waals surface area contributed by atoms with Crippen LogP contribution in [0.1, 0.15) is 52.7 Å². The fourth-order valence-corrected chi connectivity index (χ4v) is 2.38. The molecule has 0 aliphatic rings. The van der Waals surface area contributed by atoms with E-state index in [1.807, 2.05) is 18.3 Å². The van der Waals surface area contributed by atoms with E-state index in [2.05, 4.69) is 70.8 Å². The van der Waals surface area contributed by atoms with Gasteiger partial charge in [-0.25, -0.2) is 0 Å². The van der Waals surface area contributed by atoms with Gasteiger partial charge < -0.3 is 0 Å². The lowest BCUT2D eigenvalue weighted by atomic mass is 9.78. The lowest BCUT2D eigenvalue weighted by Crippen LogP contribution is -2.17. The summed E-state index contributed by atoms with van der Waals surface area (Å²) in [5.74, 6) is 0. The molecule has 0 saturated carbocycles. The number of benzene rings is 1. The van der Waals surface area contributed by atoms with Gasteiger partial charge in [0.05, 0.1) is 5.69 Å². The highest BCUT2D eigenvalue weighted by molar-refractivity contribution is 5.66. The standard InChI is InChI=1S/C19H25N/c1-18(2,3)14-10-11-15(16(13-14)19(4,5)6)17-9-7-8-12-20-17/h7-13H,1-6H3. The first kappa shape index (κ1) is 14.8. The molecule has 0 radical (unpaired) electrons. The van der Waals surface area contributed by atoms with Crippen molar-refractivity contribution in [2.24, 2.45) is 0 Å². The molecule has 106 valence electrons. The molecule has 0 saturated heterocycles. The summed E-state index contributed by atoms with van der Waals surface area (Å²) >= 11 is 0. The molecule has 0 fully saturated rings. The summed E-state index contributed by atoms with van der Waals surface area (Å²) in [4.78, 5) is 4.51. The summed E-state index contributed by atoms with van der Waals surface area (Å²) in [6.07, 6.45) is 1.86. The van der Waals surface area contributed by atoms with E-state index in [1.165, 1.54) is 16.7 Å². The maximum atomic E-state index is 4.51. The minimum Gasteiger partial charge on any atom is -0.256 e. The first-order chi connectivity index (χ1) is 9.19. The van der Waals surface area contributed by atoms with Gasteiger partial charge in [0, 0.05) is 11.8 Å². The zero-order valence-electron chi connectivity index (χ0n) is 13.5. The highest BCUT2D eigenvalue weighted by Crippen LogP contribution is 2.35. The predicted molar refractivity (Wildman–Crippen MR) is 87.1 cm³/mol. The van der Waals surface area contributed by atoms with Crippen molar-refractivity contribution in [3.05, 3.63) is 53.7 Å². The van der Waals surface area contributed by atoms with Crippen LogP contribution in [0.15, 0.2) is 42.6 Å². The molecular formula is C19H25N. The summed E-state index contributed by atoms with van der Waals surface area (Å²) in [6, 6.07) is 12.9. The fraction of sp³-hybridized carbons (Fsp3) is 0.421. The summed E-state index contributed by atoms with van der Waals surface area (Å²) in [6.45, 7) is 13.6. The zero-order chi connectivity index (χ0) is 15.0. The third-order valence-corrected chi connectivity index (χ3v) is 3.63. The largest absolute Gasteiger partial charge is 0.256 e. The monoisotopic (exact) mass is 267 g/mol. The molecule has 0 N–H and O–H groups in total. The smallest absolute Gasteiger partial charge is 0.0704 e. The van der Waals surface area contributed by atoms with E-state index >= 15 is 0 Å². The molecule has 1 heterocycles. The van der Waals surface area contributed by atoms with E-state index in [0.717, 1.165) is 5.69 Å². The number of hydrogen-bond donors (Lipinski definition) is 0. The van der Waals surface area contributed by atoms with Crippen molar-refractivity contribution >= 4 is 0 Å². The third-order valence-electron chi connectivity index (χ3n) is 3.63. The Labute approximate surface area is 123 Å². The van der Waals surface area contributed by atoms with Crippen molar-refractivity contribution in [2.45, 2.75) is 52.4 Å². The average molecular weight is 267 g/mol. The van der Waals surface area contributed by atoms with Crippen LogP contribution in [0.4, 0.5) is 0 Å². The van der Waals surface area contributed by atoms with Gasteiger partial charge in [-0.1, -0.05) is 65.8 Å². The Bertz CT molecular complexity index is 583. The topological polar surface area (TPSA) is 12.9 Å². The fourth-order valence-electron chi connectivity index (χ4n) is 2.38. The Morgan fingerprint density at radius 1 is 0.800 bits per heavy atom. The molecule has 0 aliphatic heterocycles. The molecule has 2 rings (SSSR count). The Morgan fingerprint density at radius 3 is 2.00 bits per heavy atom. The van der Waals surface area contributed by atoms with Crippen LogP contribution in [0, 0.1) is 0 Å². The summed E-state index contributed by atoms with van der Waals surface area (Å²) in [7, 11) is 0. The average Bonchev–Trinajstić information content (AvgIpc) is 2.37. The second-order valence-electron chi connectivity index (χ2n) is 7.48. The van der Waals surface area contributed by atoms with E-state index in [9.17, 15) is 0 Å². The molecular weight excluding hydrogens is 242 g/mol. The minimum atomic E-state index is 0.105. The van der Waals surface area contributed by atoms with Gasteiger partial charge in [-0.15, -0.1) is 0 Å². The zero-order valence-corrected chi connectivity index (χ0v) is 13.5. The van der Waals surface area contributed by atoms with Crippen LogP contribution in [-0.4, -0.2) is 4.98 Å². The molecule has 0 aliphatic carbocycles. The quantitative estimate of drug-likeness (QED) is 0.679. The Morgan fingerprint density at radius 2 is 1.50 bits per heavy atom. The van der Waals surface area contributed by atoms with Gasteiger partial charge in [0.2, 0.25) is 0 Å². The summed E-state index contributed by atoms with van der Waals surface area (Å²) in [5, 5.41) is 0. The molecule has 0 unspecified atom stereocenters. The molecule has 1 heteroatoms. The van der Waals surface area contributed by atoms with E-state index in [1.54, 1.807) is 0 Å². The Hall–Kier alpha value is -1.63. The van der Waals surface area contributed by atoms with E-state index in [-0.39, 0.29) is 10.8 Å². The van der Waals surface area contributed by atoms with Crippen LogP contribution < -0.4 is 0 Å².